The van der Waals surface area contributed by atoms with E-state index in [0.29, 0.717) is 30.2 Å². The molecule has 2 amide bonds. The second-order valence-corrected chi connectivity index (χ2v) is 6.12. The lowest BCUT2D eigenvalue weighted by atomic mass is 10.2. The van der Waals surface area contributed by atoms with Gasteiger partial charge in [-0.2, -0.15) is 0 Å². The van der Waals surface area contributed by atoms with Crippen LogP contribution in [0.25, 0.3) is 11.0 Å². The van der Waals surface area contributed by atoms with E-state index < -0.39 is 0 Å². The molecule has 2 aromatic carbocycles. The third-order valence-electron chi connectivity index (χ3n) is 4.23. The lowest BCUT2D eigenvalue weighted by Gasteiger charge is -2.13. The summed E-state index contributed by atoms with van der Waals surface area (Å²) in [5.41, 5.74) is 1.60. The first-order valence-corrected chi connectivity index (χ1v) is 8.94. The Morgan fingerprint density at radius 1 is 1.15 bits per heavy atom. The Morgan fingerprint density at radius 3 is 2.70 bits per heavy atom. The first-order valence-electron chi connectivity index (χ1n) is 8.94. The van der Waals surface area contributed by atoms with E-state index >= 15 is 0 Å². The molecule has 3 aromatic rings. The predicted molar refractivity (Wildman–Crippen MR) is 104 cm³/mol. The summed E-state index contributed by atoms with van der Waals surface area (Å²) in [4.78, 5) is 12.3. The Hall–Kier alpha value is -3.15. The second kappa shape index (κ2) is 8.49. The van der Waals surface area contributed by atoms with E-state index in [1.54, 1.807) is 7.11 Å². The van der Waals surface area contributed by atoms with Crippen LogP contribution in [0.1, 0.15) is 31.2 Å². The predicted octanol–water partition coefficient (Wildman–Crippen LogP) is 4.40. The van der Waals surface area contributed by atoms with Crippen LogP contribution in [0.15, 0.2) is 52.9 Å². The molecule has 0 aliphatic carbocycles. The minimum atomic E-state index is -0.287. The van der Waals surface area contributed by atoms with E-state index in [2.05, 4.69) is 10.6 Å². The number of furan rings is 1. The van der Waals surface area contributed by atoms with Crippen molar-refractivity contribution in [3.05, 3.63) is 59.9 Å². The van der Waals surface area contributed by atoms with E-state index in [-0.39, 0.29) is 12.1 Å². The zero-order valence-electron chi connectivity index (χ0n) is 15.7. The van der Waals surface area contributed by atoms with E-state index in [0.717, 1.165) is 16.7 Å². The van der Waals surface area contributed by atoms with Crippen LogP contribution in [0.3, 0.4) is 0 Å². The number of benzene rings is 2. The van der Waals surface area contributed by atoms with Crippen LogP contribution in [0.5, 0.6) is 11.5 Å². The average molecular weight is 368 g/mol. The molecule has 1 unspecified atom stereocenters. The lowest BCUT2D eigenvalue weighted by molar-refractivity contribution is 0.236. The van der Waals surface area contributed by atoms with E-state index in [1.165, 1.54) is 0 Å². The molecule has 27 heavy (non-hydrogen) atoms. The van der Waals surface area contributed by atoms with Crippen molar-refractivity contribution in [3.8, 4) is 11.5 Å². The maximum Gasteiger partial charge on any atom is 0.315 e. The zero-order valence-corrected chi connectivity index (χ0v) is 15.7. The van der Waals surface area contributed by atoms with Crippen molar-refractivity contribution in [2.24, 2.45) is 0 Å². The molecule has 0 fully saturated rings. The van der Waals surface area contributed by atoms with Gasteiger partial charge in [0.05, 0.1) is 19.8 Å². The summed E-state index contributed by atoms with van der Waals surface area (Å²) in [6.45, 7) is 4.74. The van der Waals surface area contributed by atoms with Crippen molar-refractivity contribution >= 4 is 17.0 Å². The van der Waals surface area contributed by atoms with Gasteiger partial charge in [0.15, 0.2) is 11.3 Å². The minimum Gasteiger partial charge on any atom is -0.496 e. The molecule has 142 valence electrons. The molecule has 6 nitrogen and oxygen atoms in total. The Balaban J connectivity index is 1.64. The highest BCUT2D eigenvalue weighted by molar-refractivity contribution is 5.84. The van der Waals surface area contributed by atoms with Crippen molar-refractivity contribution in [1.29, 1.82) is 0 Å². The molecular weight excluding hydrogens is 344 g/mol. The molecule has 1 atom stereocenters. The molecule has 0 bridgehead atoms. The molecule has 0 aliphatic heterocycles. The SMILES string of the molecule is CCOc1cccc2cc(C(C)NC(=O)NCc3ccccc3OC)oc12. The van der Waals surface area contributed by atoms with Crippen molar-refractivity contribution < 1.29 is 18.7 Å². The van der Waals surface area contributed by atoms with Gasteiger partial charge >= 0.3 is 6.03 Å². The van der Waals surface area contributed by atoms with Gasteiger partial charge in [0.25, 0.3) is 0 Å². The average Bonchev–Trinajstić information content (AvgIpc) is 3.12. The van der Waals surface area contributed by atoms with Gasteiger partial charge in [-0.25, -0.2) is 4.79 Å². The van der Waals surface area contributed by atoms with Crippen LogP contribution in [-0.2, 0) is 6.54 Å². The molecule has 1 heterocycles. The first-order chi connectivity index (χ1) is 13.1. The Morgan fingerprint density at radius 2 is 1.93 bits per heavy atom. The normalized spacial score (nSPS) is 11.8. The highest BCUT2D eigenvalue weighted by Crippen LogP contribution is 2.31. The number of carbonyl (C=O) groups is 1. The van der Waals surface area contributed by atoms with Gasteiger partial charge in [-0.3, -0.25) is 0 Å². The number of ether oxygens (including phenoxy) is 2. The van der Waals surface area contributed by atoms with Gasteiger partial charge in [0.2, 0.25) is 0 Å². The quantitative estimate of drug-likeness (QED) is 0.648. The van der Waals surface area contributed by atoms with Crippen molar-refractivity contribution in [2.75, 3.05) is 13.7 Å². The van der Waals surface area contributed by atoms with Gasteiger partial charge in [-0.15, -0.1) is 0 Å². The fraction of sp³-hybridized carbons (Fsp3) is 0.286. The monoisotopic (exact) mass is 368 g/mol. The van der Waals surface area contributed by atoms with Gasteiger partial charge in [-0.1, -0.05) is 30.3 Å². The highest BCUT2D eigenvalue weighted by Gasteiger charge is 2.16. The number of nitrogens with one attached hydrogen (secondary N) is 2. The molecule has 1 aromatic heterocycles. The molecule has 0 spiro atoms. The summed E-state index contributed by atoms with van der Waals surface area (Å²) in [5.74, 6) is 2.12. The highest BCUT2D eigenvalue weighted by atomic mass is 16.5. The zero-order chi connectivity index (χ0) is 19.2. The van der Waals surface area contributed by atoms with Gasteiger partial charge in [0, 0.05) is 17.5 Å². The number of hydrogen-bond donors (Lipinski definition) is 2. The molecule has 6 heteroatoms. The molecule has 0 saturated heterocycles. The summed E-state index contributed by atoms with van der Waals surface area (Å²) in [6, 6.07) is 14.7. The van der Waals surface area contributed by atoms with Gasteiger partial charge < -0.3 is 24.5 Å². The van der Waals surface area contributed by atoms with Crippen molar-refractivity contribution in [2.45, 2.75) is 26.4 Å². The molecular formula is C21H24N2O4. The topological polar surface area (TPSA) is 72.7 Å². The number of urea groups is 1. The van der Waals surface area contributed by atoms with Crippen LogP contribution in [-0.4, -0.2) is 19.7 Å². The number of hydrogen-bond acceptors (Lipinski definition) is 4. The van der Waals surface area contributed by atoms with E-state index in [4.69, 9.17) is 13.9 Å². The van der Waals surface area contributed by atoms with Gasteiger partial charge in [0.1, 0.15) is 11.5 Å². The largest absolute Gasteiger partial charge is 0.496 e. The molecule has 2 N–H and O–H groups in total. The van der Waals surface area contributed by atoms with Crippen LogP contribution in [0.2, 0.25) is 0 Å². The van der Waals surface area contributed by atoms with Crippen molar-refractivity contribution in [1.82, 2.24) is 10.6 Å². The maximum atomic E-state index is 12.3. The third kappa shape index (κ3) is 4.34. The van der Waals surface area contributed by atoms with Crippen LogP contribution in [0, 0.1) is 0 Å². The second-order valence-electron chi connectivity index (χ2n) is 6.12. The molecule has 3 rings (SSSR count). The number of fused-ring (bicyclic) bond motifs is 1. The van der Waals surface area contributed by atoms with Crippen LogP contribution in [0.4, 0.5) is 4.79 Å². The summed E-state index contributed by atoms with van der Waals surface area (Å²) < 4.78 is 16.8. The van der Waals surface area contributed by atoms with Crippen LogP contribution < -0.4 is 20.1 Å². The molecule has 0 saturated carbocycles. The smallest absolute Gasteiger partial charge is 0.315 e. The molecule has 0 aliphatic rings. The summed E-state index contributed by atoms with van der Waals surface area (Å²) in [6.07, 6.45) is 0. The Bertz CT molecular complexity index is 919. The lowest BCUT2D eigenvalue weighted by Crippen LogP contribution is -2.36. The summed E-state index contributed by atoms with van der Waals surface area (Å²) >= 11 is 0. The van der Waals surface area contributed by atoms with E-state index in [9.17, 15) is 4.79 Å². The number of methoxy groups -OCH3 is 1. The van der Waals surface area contributed by atoms with Crippen LogP contribution >= 0.6 is 0 Å². The maximum absolute atomic E-state index is 12.3. The molecule has 0 radical (unpaired) electrons. The first kappa shape index (κ1) is 18.6. The Labute approximate surface area is 158 Å². The standard InChI is InChI=1S/C21H24N2O4/c1-4-26-18-11-7-9-15-12-19(27-20(15)18)14(2)23-21(24)22-13-16-8-5-6-10-17(16)25-3/h5-12,14H,4,13H2,1-3H3,(H2,22,23,24). The third-order valence-corrected chi connectivity index (χ3v) is 4.23. The minimum absolute atomic E-state index is 0.279. The number of carbonyl (C=O) groups excluding carboxylic acids is 1. The Kier molecular flexibility index (Phi) is 5.86. The van der Waals surface area contributed by atoms with Crippen molar-refractivity contribution in [3.63, 3.8) is 0 Å². The summed E-state index contributed by atoms with van der Waals surface area (Å²) in [5, 5.41) is 6.68. The fourth-order valence-electron chi connectivity index (χ4n) is 2.88. The summed E-state index contributed by atoms with van der Waals surface area (Å²) in [7, 11) is 1.61. The van der Waals surface area contributed by atoms with E-state index in [1.807, 2.05) is 62.4 Å². The number of amides is 2. The number of rotatable bonds is 7. The number of para-hydroxylation sites is 2. The van der Waals surface area contributed by atoms with Gasteiger partial charge in [-0.05, 0) is 32.0 Å². The fourth-order valence-corrected chi connectivity index (χ4v) is 2.88.